The largest absolute Gasteiger partial charge is 0.445 e. The Kier molecular flexibility index (Phi) is 9.04. The van der Waals surface area contributed by atoms with Crippen molar-refractivity contribution in [2.45, 2.75) is 57.7 Å². The SMILES string of the molecule is CN1CCN(Cc2cccc(-c3noc([C@@H](CC4CCCCC4)NC(=O)OCc4ccccc4)n3)c2)CC1. The number of aromatic nitrogens is 2. The van der Waals surface area contributed by atoms with E-state index in [2.05, 4.69) is 45.5 Å². The van der Waals surface area contributed by atoms with Crippen molar-refractivity contribution in [3.05, 3.63) is 71.6 Å². The molecule has 1 aromatic heterocycles. The van der Waals surface area contributed by atoms with Gasteiger partial charge in [0.2, 0.25) is 11.7 Å². The third-order valence-corrected chi connectivity index (χ3v) is 7.73. The zero-order valence-corrected chi connectivity index (χ0v) is 22.3. The van der Waals surface area contributed by atoms with Crippen LogP contribution in [0.15, 0.2) is 59.1 Å². The third kappa shape index (κ3) is 7.42. The molecular weight excluding hydrogens is 478 g/mol. The lowest BCUT2D eigenvalue weighted by Crippen LogP contribution is -2.43. The monoisotopic (exact) mass is 517 g/mol. The lowest BCUT2D eigenvalue weighted by Gasteiger charge is -2.32. The second-order valence-electron chi connectivity index (χ2n) is 10.7. The average Bonchev–Trinajstić information content (AvgIpc) is 3.45. The number of nitrogens with zero attached hydrogens (tertiary/aromatic N) is 4. The summed E-state index contributed by atoms with van der Waals surface area (Å²) in [5.74, 6) is 1.51. The van der Waals surface area contributed by atoms with Gasteiger partial charge in [-0.15, -0.1) is 0 Å². The first-order valence-electron chi connectivity index (χ1n) is 13.9. The highest BCUT2D eigenvalue weighted by Gasteiger charge is 2.27. The van der Waals surface area contributed by atoms with Crippen molar-refractivity contribution in [2.75, 3.05) is 33.2 Å². The zero-order chi connectivity index (χ0) is 26.2. The van der Waals surface area contributed by atoms with Gasteiger partial charge in [-0.3, -0.25) is 4.90 Å². The van der Waals surface area contributed by atoms with Gasteiger partial charge in [0.1, 0.15) is 12.6 Å². The van der Waals surface area contributed by atoms with Gasteiger partial charge in [0.25, 0.3) is 0 Å². The van der Waals surface area contributed by atoms with Gasteiger partial charge in [-0.05, 0) is 36.6 Å². The first-order chi connectivity index (χ1) is 18.6. The van der Waals surface area contributed by atoms with Crippen molar-refractivity contribution in [3.63, 3.8) is 0 Å². The summed E-state index contributed by atoms with van der Waals surface area (Å²) in [6, 6.07) is 17.7. The van der Waals surface area contributed by atoms with Crippen molar-refractivity contribution in [1.29, 1.82) is 0 Å². The van der Waals surface area contributed by atoms with Crippen LogP contribution in [0.1, 0.15) is 61.6 Å². The van der Waals surface area contributed by atoms with Crippen molar-refractivity contribution in [3.8, 4) is 11.4 Å². The molecule has 1 N–H and O–H groups in total. The number of amides is 1. The minimum atomic E-state index is -0.469. The third-order valence-electron chi connectivity index (χ3n) is 7.73. The van der Waals surface area contributed by atoms with Crippen LogP contribution in [0.4, 0.5) is 4.79 Å². The van der Waals surface area contributed by atoms with Crippen LogP contribution in [-0.2, 0) is 17.9 Å². The molecule has 0 radical (unpaired) electrons. The Morgan fingerprint density at radius 2 is 1.79 bits per heavy atom. The predicted molar refractivity (Wildman–Crippen MR) is 146 cm³/mol. The van der Waals surface area contributed by atoms with Crippen LogP contribution in [0, 0.1) is 5.92 Å². The van der Waals surface area contributed by atoms with Gasteiger partial charge in [0.15, 0.2) is 0 Å². The second-order valence-corrected chi connectivity index (χ2v) is 10.7. The zero-order valence-electron chi connectivity index (χ0n) is 22.3. The molecule has 8 heteroatoms. The molecule has 202 valence electrons. The number of carbonyl (C=O) groups is 1. The Morgan fingerprint density at radius 1 is 1.03 bits per heavy atom. The van der Waals surface area contributed by atoms with Gasteiger partial charge in [0.05, 0.1) is 0 Å². The van der Waals surface area contributed by atoms with Gasteiger partial charge in [-0.2, -0.15) is 4.98 Å². The number of carbonyl (C=O) groups excluding carboxylic acids is 1. The minimum Gasteiger partial charge on any atom is -0.445 e. The van der Waals surface area contributed by atoms with Gasteiger partial charge < -0.3 is 19.5 Å². The molecule has 5 rings (SSSR count). The standard InChI is InChI=1S/C30H39N5O3/c1-34-15-17-35(18-16-34)21-25-13-8-14-26(19-25)28-32-29(38-33-28)27(20-23-9-4-2-5-10-23)31-30(36)37-22-24-11-6-3-7-12-24/h3,6-8,11-14,19,23,27H,2,4-5,9-10,15-18,20-22H2,1H3,(H,31,36)/t27-/m1/s1. The second kappa shape index (κ2) is 13.0. The number of hydrogen-bond donors (Lipinski definition) is 1. The molecule has 1 atom stereocenters. The first kappa shape index (κ1) is 26.4. The number of nitrogens with one attached hydrogen (secondary N) is 1. The molecule has 2 fully saturated rings. The maximum Gasteiger partial charge on any atom is 0.408 e. The summed E-state index contributed by atoms with van der Waals surface area (Å²) in [6.07, 6.45) is 6.35. The Balaban J connectivity index is 1.26. The fourth-order valence-corrected chi connectivity index (χ4v) is 5.45. The molecule has 0 unspecified atom stereocenters. The summed E-state index contributed by atoms with van der Waals surface area (Å²) in [4.78, 5) is 22.3. The predicted octanol–water partition coefficient (Wildman–Crippen LogP) is 5.42. The maximum atomic E-state index is 12.7. The molecule has 1 aliphatic heterocycles. The van der Waals surface area contributed by atoms with Gasteiger partial charge in [-0.25, -0.2) is 4.79 Å². The van der Waals surface area contributed by atoms with Gasteiger partial charge >= 0.3 is 6.09 Å². The number of benzene rings is 2. The normalized spacial score (nSPS) is 18.2. The lowest BCUT2D eigenvalue weighted by molar-refractivity contribution is 0.130. The summed E-state index contributed by atoms with van der Waals surface area (Å²) in [6.45, 7) is 5.46. The van der Waals surface area contributed by atoms with Gasteiger partial charge in [0, 0.05) is 38.3 Å². The van der Waals surface area contributed by atoms with Crippen LogP contribution in [0.25, 0.3) is 11.4 Å². The van der Waals surface area contributed by atoms with Crippen LogP contribution in [0.3, 0.4) is 0 Å². The summed E-state index contributed by atoms with van der Waals surface area (Å²) in [5, 5.41) is 7.32. The Labute approximate surface area is 225 Å². The van der Waals surface area contributed by atoms with Crippen molar-refractivity contribution in [1.82, 2.24) is 25.3 Å². The first-order valence-corrected chi connectivity index (χ1v) is 13.9. The summed E-state index contributed by atoms with van der Waals surface area (Å²) >= 11 is 0. The van der Waals surface area contributed by atoms with E-state index < -0.39 is 6.09 Å². The number of piperazine rings is 1. The fourth-order valence-electron chi connectivity index (χ4n) is 5.45. The summed E-state index contributed by atoms with van der Waals surface area (Å²) in [7, 11) is 2.17. The smallest absolute Gasteiger partial charge is 0.408 e. The molecule has 2 heterocycles. The van der Waals surface area contributed by atoms with E-state index in [0.717, 1.165) is 63.1 Å². The molecule has 1 saturated heterocycles. The van der Waals surface area contributed by atoms with Gasteiger partial charge in [-0.1, -0.05) is 85.8 Å². The van der Waals surface area contributed by atoms with E-state index in [1.165, 1.54) is 24.8 Å². The maximum absolute atomic E-state index is 12.7. The van der Waals surface area contributed by atoms with E-state index in [1.807, 2.05) is 36.4 Å². The number of ether oxygens (including phenoxy) is 1. The molecule has 8 nitrogen and oxygen atoms in total. The van der Waals surface area contributed by atoms with Crippen LogP contribution in [-0.4, -0.2) is 59.3 Å². The fraction of sp³-hybridized carbons (Fsp3) is 0.500. The van der Waals surface area contributed by atoms with Crippen molar-refractivity contribution < 1.29 is 14.1 Å². The van der Waals surface area contributed by atoms with Crippen LogP contribution < -0.4 is 5.32 Å². The highest BCUT2D eigenvalue weighted by atomic mass is 16.5. The molecule has 1 saturated carbocycles. The lowest BCUT2D eigenvalue weighted by atomic mass is 9.85. The van der Waals surface area contributed by atoms with E-state index >= 15 is 0 Å². The molecule has 3 aromatic rings. The molecule has 1 amide bonds. The van der Waals surface area contributed by atoms with Crippen molar-refractivity contribution in [2.24, 2.45) is 5.92 Å². The van der Waals surface area contributed by atoms with E-state index in [1.54, 1.807) is 0 Å². The molecule has 38 heavy (non-hydrogen) atoms. The highest BCUT2D eigenvalue weighted by molar-refractivity contribution is 5.67. The van der Waals surface area contributed by atoms with E-state index in [-0.39, 0.29) is 12.6 Å². The van der Waals surface area contributed by atoms with E-state index in [9.17, 15) is 4.79 Å². The minimum absolute atomic E-state index is 0.220. The number of likely N-dealkylation sites (N-methyl/N-ethyl adjacent to an activating group) is 1. The molecule has 2 aromatic carbocycles. The number of rotatable bonds is 9. The van der Waals surface area contributed by atoms with Crippen LogP contribution >= 0.6 is 0 Å². The average molecular weight is 518 g/mol. The number of alkyl carbamates (subject to hydrolysis) is 1. The topological polar surface area (TPSA) is 83.7 Å². The Bertz CT molecular complexity index is 1150. The van der Waals surface area contributed by atoms with E-state index in [0.29, 0.717) is 17.6 Å². The summed E-state index contributed by atoms with van der Waals surface area (Å²) in [5.41, 5.74) is 3.11. The highest BCUT2D eigenvalue weighted by Crippen LogP contribution is 2.32. The molecule has 2 aliphatic rings. The number of hydrogen-bond acceptors (Lipinski definition) is 7. The van der Waals surface area contributed by atoms with Crippen molar-refractivity contribution >= 4 is 6.09 Å². The molecule has 0 spiro atoms. The molecule has 1 aliphatic carbocycles. The van der Waals surface area contributed by atoms with E-state index in [4.69, 9.17) is 14.2 Å². The van der Waals surface area contributed by atoms with Crippen LogP contribution in [0.2, 0.25) is 0 Å². The Hall–Kier alpha value is -3.23. The quantitative estimate of drug-likeness (QED) is 0.406. The molecule has 0 bridgehead atoms. The molecular formula is C30H39N5O3. The van der Waals surface area contributed by atoms with Crippen LogP contribution in [0.5, 0.6) is 0 Å². The summed E-state index contributed by atoms with van der Waals surface area (Å²) < 4.78 is 11.2. The Morgan fingerprint density at radius 3 is 2.58 bits per heavy atom.